The Bertz CT molecular complexity index is 1370. The molecule has 0 saturated carbocycles. The molecule has 35 heavy (non-hydrogen) atoms. The summed E-state index contributed by atoms with van der Waals surface area (Å²) < 4.78 is 28.5. The van der Waals surface area contributed by atoms with Gasteiger partial charge in [0.05, 0.1) is 17.0 Å². The van der Waals surface area contributed by atoms with E-state index in [1.807, 2.05) is 49.3 Å². The number of likely N-dealkylation sites (N-methyl/N-ethyl adjacent to an activating group) is 1. The number of sulfonamides is 1. The van der Waals surface area contributed by atoms with Crippen LogP contribution >= 0.6 is 0 Å². The zero-order valence-corrected chi connectivity index (χ0v) is 20.5. The molecular formula is C27H27N3O4S. The Kier molecular flexibility index (Phi) is 7.14. The van der Waals surface area contributed by atoms with Crippen LogP contribution in [-0.2, 0) is 21.2 Å². The molecule has 3 aromatic carbocycles. The molecule has 1 amide bonds. The third kappa shape index (κ3) is 5.18. The Balaban J connectivity index is 1.88. The standard InChI is InChI=1S/C27H27N3O4S/c1-29(2)17-18-30-26(27(32)21-13-7-4-8-14-21)25(22-15-9-10-16-23(22)35(30,33)34)28-24(31)19-20-11-5-3-6-12-20/h3-16H,17-19H2,1-2H3,(H,28,31). The number of nitrogens with zero attached hydrogens (tertiary/aromatic N) is 2. The predicted molar refractivity (Wildman–Crippen MR) is 135 cm³/mol. The molecule has 1 N–H and O–H groups in total. The van der Waals surface area contributed by atoms with E-state index in [0.717, 1.165) is 9.87 Å². The number of rotatable bonds is 8. The molecule has 0 aromatic heterocycles. The van der Waals surface area contributed by atoms with Gasteiger partial charge in [0.2, 0.25) is 11.7 Å². The van der Waals surface area contributed by atoms with Crippen molar-refractivity contribution in [1.82, 2.24) is 14.5 Å². The minimum Gasteiger partial charge on any atom is -0.323 e. The van der Waals surface area contributed by atoms with E-state index in [4.69, 9.17) is 0 Å². The number of ketones is 1. The molecule has 1 aliphatic rings. The number of Topliss-reactive ketones (excluding diaryl/α,β-unsaturated/α-hetero) is 1. The molecule has 0 saturated heterocycles. The first kappa shape index (κ1) is 24.4. The molecule has 0 unspecified atom stereocenters. The van der Waals surface area contributed by atoms with Crippen molar-refractivity contribution < 1.29 is 18.0 Å². The average molecular weight is 490 g/mol. The maximum absolute atomic E-state index is 13.8. The van der Waals surface area contributed by atoms with E-state index < -0.39 is 15.8 Å². The Morgan fingerprint density at radius 3 is 2.11 bits per heavy atom. The smallest absolute Gasteiger partial charge is 0.265 e. The second kappa shape index (κ2) is 10.2. The lowest BCUT2D eigenvalue weighted by Crippen LogP contribution is -2.44. The number of carbonyl (C=O) groups is 2. The largest absolute Gasteiger partial charge is 0.323 e. The van der Waals surface area contributed by atoms with E-state index in [-0.39, 0.29) is 35.2 Å². The second-order valence-electron chi connectivity index (χ2n) is 8.51. The molecule has 0 bridgehead atoms. The zero-order chi connectivity index (χ0) is 25.0. The van der Waals surface area contributed by atoms with Gasteiger partial charge in [0, 0.05) is 24.2 Å². The van der Waals surface area contributed by atoms with Crippen molar-refractivity contribution in [3.63, 3.8) is 0 Å². The monoisotopic (exact) mass is 489 g/mol. The molecule has 0 atom stereocenters. The highest BCUT2D eigenvalue weighted by Gasteiger charge is 2.40. The average Bonchev–Trinajstić information content (AvgIpc) is 2.85. The third-order valence-corrected chi connectivity index (χ3v) is 7.54. The van der Waals surface area contributed by atoms with Gasteiger partial charge in [-0.2, -0.15) is 0 Å². The van der Waals surface area contributed by atoms with E-state index >= 15 is 0 Å². The van der Waals surface area contributed by atoms with E-state index in [1.165, 1.54) is 6.07 Å². The van der Waals surface area contributed by atoms with E-state index in [2.05, 4.69) is 5.32 Å². The second-order valence-corrected chi connectivity index (χ2v) is 10.3. The first-order chi connectivity index (χ1) is 16.8. The summed E-state index contributed by atoms with van der Waals surface area (Å²) in [6, 6.07) is 24.2. The Morgan fingerprint density at radius 2 is 1.46 bits per heavy atom. The van der Waals surface area contributed by atoms with Crippen LogP contribution in [0.5, 0.6) is 0 Å². The summed E-state index contributed by atoms with van der Waals surface area (Å²) in [5.41, 5.74) is 1.58. The first-order valence-electron chi connectivity index (χ1n) is 11.2. The van der Waals surface area contributed by atoms with E-state index in [0.29, 0.717) is 17.7 Å². The topological polar surface area (TPSA) is 86.8 Å². The van der Waals surface area contributed by atoms with Crippen molar-refractivity contribution in [2.24, 2.45) is 0 Å². The summed E-state index contributed by atoms with van der Waals surface area (Å²) in [7, 11) is -0.374. The molecule has 0 spiro atoms. The van der Waals surface area contributed by atoms with Gasteiger partial charge in [-0.25, -0.2) is 8.42 Å². The van der Waals surface area contributed by atoms with Gasteiger partial charge >= 0.3 is 0 Å². The molecule has 1 heterocycles. The Labute approximate surface area is 205 Å². The molecule has 0 fully saturated rings. The number of nitrogens with one attached hydrogen (secondary N) is 1. The SMILES string of the molecule is CN(C)CCN1C(C(=O)c2ccccc2)=C(NC(=O)Cc2ccccc2)c2ccccc2S1(=O)=O. The van der Waals surface area contributed by atoms with Gasteiger partial charge in [0.25, 0.3) is 10.0 Å². The molecule has 8 heteroatoms. The fraction of sp³-hybridized carbons (Fsp3) is 0.185. The van der Waals surface area contributed by atoms with E-state index in [9.17, 15) is 18.0 Å². The molecule has 0 radical (unpaired) electrons. The molecule has 4 rings (SSSR count). The van der Waals surface area contributed by atoms with Crippen molar-refractivity contribution >= 4 is 27.4 Å². The number of hydrogen-bond donors (Lipinski definition) is 1. The number of allylic oxidation sites excluding steroid dienone is 1. The van der Waals surface area contributed by atoms with Crippen LogP contribution in [0.3, 0.4) is 0 Å². The van der Waals surface area contributed by atoms with Gasteiger partial charge in [-0.1, -0.05) is 78.9 Å². The number of carbonyl (C=O) groups excluding carboxylic acids is 2. The van der Waals surface area contributed by atoms with Crippen LogP contribution < -0.4 is 5.32 Å². The molecular weight excluding hydrogens is 462 g/mol. The van der Waals surface area contributed by atoms with Gasteiger partial charge < -0.3 is 10.2 Å². The fourth-order valence-corrected chi connectivity index (χ4v) is 5.63. The van der Waals surface area contributed by atoms with Crippen LogP contribution in [-0.4, -0.2) is 56.5 Å². The maximum atomic E-state index is 13.8. The van der Waals surface area contributed by atoms with Crippen LogP contribution in [0.4, 0.5) is 0 Å². The quantitative estimate of drug-likeness (QED) is 0.491. The summed E-state index contributed by atoms with van der Waals surface area (Å²) in [6.45, 7) is 0.438. The van der Waals surface area contributed by atoms with Crippen LogP contribution in [0.15, 0.2) is 95.5 Å². The zero-order valence-electron chi connectivity index (χ0n) is 19.6. The van der Waals surface area contributed by atoms with Gasteiger partial charge in [0.15, 0.2) is 0 Å². The van der Waals surface area contributed by atoms with Crippen molar-refractivity contribution in [3.8, 4) is 0 Å². The molecule has 0 aliphatic carbocycles. The van der Waals surface area contributed by atoms with Gasteiger partial charge in [-0.15, -0.1) is 0 Å². The Morgan fingerprint density at radius 1 is 0.857 bits per heavy atom. The van der Waals surface area contributed by atoms with Crippen LogP contribution in [0, 0.1) is 0 Å². The highest BCUT2D eigenvalue weighted by atomic mass is 32.2. The molecule has 7 nitrogen and oxygen atoms in total. The molecule has 180 valence electrons. The normalized spacial score (nSPS) is 14.5. The highest BCUT2D eigenvalue weighted by molar-refractivity contribution is 7.89. The van der Waals surface area contributed by atoms with Crippen LogP contribution in [0.25, 0.3) is 5.70 Å². The Hall–Kier alpha value is -3.75. The van der Waals surface area contributed by atoms with Crippen molar-refractivity contribution in [3.05, 3.63) is 107 Å². The van der Waals surface area contributed by atoms with Crippen LogP contribution in [0.1, 0.15) is 21.5 Å². The van der Waals surface area contributed by atoms with Crippen molar-refractivity contribution in [1.29, 1.82) is 0 Å². The summed E-state index contributed by atoms with van der Waals surface area (Å²) in [5, 5.41) is 2.88. The number of fused-ring (bicyclic) bond motifs is 1. The van der Waals surface area contributed by atoms with Crippen LogP contribution in [0.2, 0.25) is 0 Å². The summed E-state index contributed by atoms with van der Waals surface area (Å²) in [5.74, 6) is -0.816. The summed E-state index contributed by atoms with van der Waals surface area (Å²) >= 11 is 0. The lowest BCUT2D eigenvalue weighted by molar-refractivity contribution is -0.119. The molecule has 1 aliphatic heterocycles. The van der Waals surface area contributed by atoms with Crippen molar-refractivity contribution in [2.45, 2.75) is 11.3 Å². The molecule has 3 aromatic rings. The van der Waals surface area contributed by atoms with E-state index in [1.54, 1.807) is 48.5 Å². The first-order valence-corrected chi connectivity index (χ1v) is 12.7. The lowest BCUT2D eigenvalue weighted by atomic mass is 10.0. The minimum absolute atomic E-state index is 0.0512. The van der Waals surface area contributed by atoms with Gasteiger partial charge in [-0.05, 0) is 25.7 Å². The fourth-order valence-electron chi connectivity index (χ4n) is 3.96. The number of amides is 1. The van der Waals surface area contributed by atoms with Gasteiger partial charge in [-0.3, -0.25) is 13.9 Å². The summed E-state index contributed by atoms with van der Waals surface area (Å²) in [6.07, 6.45) is 0.0871. The minimum atomic E-state index is -4.03. The van der Waals surface area contributed by atoms with Gasteiger partial charge in [0.1, 0.15) is 5.70 Å². The maximum Gasteiger partial charge on any atom is 0.265 e. The van der Waals surface area contributed by atoms with Crippen molar-refractivity contribution in [2.75, 3.05) is 27.2 Å². The third-order valence-electron chi connectivity index (χ3n) is 5.68. The highest BCUT2D eigenvalue weighted by Crippen LogP contribution is 2.37. The number of hydrogen-bond acceptors (Lipinski definition) is 5. The summed E-state index contributed by atoms with van der Waals surface area (Å²) in [4.78, 5) is 28.8. The number of benzene rings is 3. The lowest BCUT2D eigenvalue weighted by Gasteiger charge is -2.34. The predicted octanol–water partition coefficient (Wildman–Crippen LogP) is 3.16.